The van der Waals surface area contributed by atoms with Crippen molar-refractivity contribution in [1.82, 2.24) is 5.32 Å². The molecule has 2 N–H and O–H groups in total. The predicted octanol–water partition coefficient (Wildman–Crippen LogP) is 2.58. The van der Waals surface area contributed by atoms with Crippen molar-refractivity contribution in [2.75, 3.05) is 6.54 Å². The molecule has 4 aliphatic rings. The molecule has 4 saturated carbocycles. The summed E-state index contributed by atoms with van der Waals surface area (Å²) in [7, 11) is 0. The summed E-state index contributed by atoms with van der Waals surface area (Å²) in [5, 5.41) is 12.9. The Bertz CT molecular complexity index is 338. The van der Waals surface area contributed by atoms with Gasteiger partial charge in [-0.1, -0.05) is 13.8 Å². The molecule has 0 aliphatic heterocycles. The molecular weight excluding hydrogens is 250 g/mol. The molecular formula is C17H29NO2. The molecule has 1 amide bonds. The van der Waals surface area contributed by atoms with E-state index < -0.39 is 6.10 Å². The van der Waals surface area contributed by atoms with Crippen LogP contribution in [0.5, 0.6) is 0 Å². The molecule has 4 fully saturated rings. The SMILES string of the molecule is CC(C)CC(O)CNC(=O)C1C2CC3CC(C2)CC1C3. The number of aliphatic hydroxyl groups is 1. The first-order chi connectivity index (χ1) is 9.52. The van der Waals surface area contributed by atoms with Crippen LogP contribution < -0.4 is 5.32 Å². The number of carbonyl (C=O) groups excluding carboxylic acids is 1. The first-order valence-electron chi connectivity index (χ1n) is 8.48. The van der Waals surface area contributed by atoms with Gasteiger partial charge in [-0.25, -0.2) is 0 Å². The first-order valence-corrected chi connectivity index (χ1v) is 8.48. The van der Waals surface area contributed by atoms with E-state index in [1.807, 2.05) is 0 Å². The van der Waals surface area contributed by atoms with E-state index in [1.165, 1.54) is 32.1 Å². The lowest BCUT2D eigenvalue weighted by Gasteiger charge is -2.53. The number of rotatable bonds is 5. The summed E-state index contributed by atoms with van der Waals surface area (Å²) >= 11 is 0. The Hall–Kier alpha value is -0.570. The molecule has 1 unspecified atom stereocenters. The second-order valence-corrected chi connectivity index (χ2v) is 7.99. The van der Waals surface area contributed by atoms with Crippen molar-refractivity contribution in [3.05, 3.63) is 0 Å². The first kappa shape index (κ1) is 14.4. The lowest BCUT2D eigenvalue weighted by Crippen LogP contribution is -2.51. The third-order valence-electron chi connectivity index (χ3n) is 5.78. The van der Waals surface area contributed by atoms with Gasteiger partial charge >= 0.3 is 0 Å². The van der Waals surface area contributed by atoms with Crippen molar-refractivity contribution in [2.24, 2.45) is 35.5 Å². The summed E-state index contributed by atoms with van der Waals surface area (Å²) < 4.78 is 0. The number of carbonyl (C=O) groups is 1. The molecule has 1 atom stereocenters. The van der Waals surface area contributed by atoms with Gasteiger partial charge in [0.2, 0.25) is 5.91 Å². The molecule has 0 aromatic carbocycles. The monoisotopic (exact) mass is 279 g/mol. The highest BCUT2D eigenvalue weighted by Gasteiger charge is 2.50. The van der Waals surface area contributed by atoms with E-state index in [0.717, 1.165) is 18.3 Å². The smallest absolute Gasteiger partial charge is 0.223 e. The van der Waals surface area contributed by atoms with Crippen molar-refractivity contribution in [3.63, 3.8) is 0 Å². The van der Waals surface area contributed by atoms with Gasteiger partial charge in [0.05, 0.1) is 6.10 Å². The molecule has 20 heavy (non-hydrogen) atoms. The van der Waals surface area contributed by atoms with Crippen LogP contribution in [-0.2, 0) is 4.79 Å². The average molecular weight is 279 g/mol. The van der Waals surface area contributed by atoms with Crippen LogP contribution in [0.25, 0.3) is 0 Å². The summed E-state index contributed by atoms with van der Waals surface area (Å²) in [6, 6.07) is 0. The van der Waals surface area contributed by atoms with Gasteiger partial charge in [-0.15, -0.1) is 0 Å². The average Bonchev–Trinajstić information content (AvgIpc) is 2.34. The van der Waals surface area contributed by atoms with Crippen LogP contribution in [0.4, 0.5) is 0 Å². The van der Waals surface area contributed by atoms with Crippen LogP contribution in [0.15, 0.2) is 0 Å². The Morgan fingerprint density at radius 2 is 1.65 bits per heavy atom. The predicted molar refractivity (Wildman–Crippen MR) is 79.0 cm³/mol. The van der Waals surface area contributed by atoms with E-state index in [9.17, 15) is 9.90 Å². The van der Waals surface area contributed by atoms with Gasteiger partial charge in [-0.05, 0) is 68.1 Å². The van der Waals surface area contributed by atoms with Crippen LogP contribution in [0.1, 0.15) is 52.4 Å². The number of aliphatic hydroxyl groups excluding tert-OH is 1. The largest absolute Gasteiger partial charge is 0.391 e. The third-order valence-corrected chi connectivity index (χ3v) is 5.78. The van der Waals surface area contributed by atoms with Gasteiger partial charge in [-0.2, -0.15) is 0 Å². The van der Waals surface area contributed by atoms with Crippen molar-refractivity contribution >= 4 is 5.91 Å². The van der Waals surface area contributed by atoms with Gasteiger partial charge in [0, 0.05) is 12.5 Å². The number of hydrogen-bond acceptors (Lipinski definition) is 2. The molecule has 0 aromatic heterocycles. The van der Waals surface area contributed by atoms with Crippen molar-refractivity contribution in [1.29, 1.82) is 0 Å². The zero-order chi connectivity index (χ0) is 14.3. The Morgan fingerprint density at radius 3 is 2.15 bits per heavy atom. The Balaban J connectivity index is 1.53. The Kier molecular flexibility index (Phi) is 4.07. The Labute approximate surface area is 122 Å². The summed E-state index contributed by atoms with van der Waals surface area (Å²) in [5.74, 6) is 4.03. The van der Waals surface area contributed by atoms with E-state index in [-0.39, 0.29) is 11.8 Å². The van der Waals surface area contributed by atoms with Crippen LogP contribution in [0.3, 0.4) is 0 Å². The zero-order valence-corrected chi connectivity index (χ0v) is 12.8. The fourth-order valence-corrected chi connectivity index (χ4v) is 5.32. The topological polar surface area (TPSA) is 49.3 Å². The van der Waals surface area contributed by atoms with Gasteiger partial charge in [-0.3, -0.25) is 4.79 Å². The maximum absolute atomic E-state index is 12.5. The molecule has 3 nitrogen and oxygen atoms in total. The van der Waals surface area contributed by atoms with Crippen LogP contribution in [0.2, 0.25) is 0 Å². The highest BCUT2D eigenvalue weighted by atomic mass is 16.3. The standard InChI is InChI=1S/C17H29NO2/c1-10(2)3-15(19)9-18-17(20)16-13-5-11-4-12(7-13)8-14(16)6-11/h10-16,19H,3-9H2,1-2H3,(H,18,20). The number of amides is 1. The van der Waals surface area contributed by atoms with Crippen molar-refractivity contribution in [2.45, 2.75) is 58.5 Å². The summed E-state index contributed by atoms with van der Waals surface area (Å²) in [6.07, 6.45) is 6.91. The van der Waals surface area contributed by atoms with Gasteiger partial charge in [0.15, 0.2) is 0 Å². The van der Waals surface area contributed by atoms with Crippen LogP contribution in [-0.4, -0.2) is 23.7 Å². The second-order valence-electron chi connectivity index (χ2n) is 7.99. The highest BCUT2D eigenvalue weighted by Crippen LogP contribution is 2.56. The summed E-state index contributed by atoms with van der Waals surface area (Å²) in [5.41, 5.74) is 0. The minimum atomic E-state index is -0.393. The summed E-state index contributed by atoms with van der Waals surface area (Å²) in [6.45, 7) is 4.63. The minimum absolute atomic E-state index is 0.224. The van der Waals surface area contributed by atoms with Crippen molar-refractivity contribution < 1.29 is 9.90 Å². The molecule has 0 aromatic rings. The van der Waals surface area contributed by atoms with E-state index in [1.54, 1.807) is 0 Å². The maximum Gasteiger partial charge on any atom is 0.223 e. The van der Waals surface area contributed by atoms with E-state index in [4.69, 9.17) is 0 Å². The minimum Gasteiger partial charge on any atom is -0.391 e. The van der Waals surface area contributed by atoms with E-state index in [2.05, 4.69) is 19.2 Å². The van der Waals surface area contributed by atoms with Gasteiger partial charge < -0.3 is 10.4 Å². The Morgan fingerprint density at radius 1 is 1.10 bits per heavy atom. The molecule has 3 heteroatoms. The molecule has 4 bridgehead atoms. The molecule has 4 aliphatic carbocycles. The zero-order valence-electron chi connectivity index (χ0n) is 12.8. The number of nitrogens with one attached hydrogen (secondary N) is 1. The van der Waals surface area contributed by atoms with Crippen LogP contribution in [0, 0.1) is 35.5 Å². The van der Waals surface area contributed by atoms with E-state index in [0.29, 0.717) is 24.3 Å². The van der Waals surface area contributed by atoms with Gasteiger partial charge in [0.25, 0.3) is 0 Å². The fraction of sp³-hybridized carbons (Fsp3) is 0.941. The second kappa shape index (κ2) is 5.67. The molecule has 0 heterocycles. The molecule has 4 rings (SSSR count). The van der Waals surface area contributed by atoms with Crippen LogP contribution >= 0.6 is 0 Å². The van der Waals surface area contributed by atoms with E-state index >= 15 is 0 Å². The van der Waals surface area contributed by atoms with Crippen molar-refractivity contribution in [3.8, 4) is 0 Å². The summed E-state index contributed by atoms with van der Waals surface area (Å²) in [4.78, 5) is 12.5. The molecule has 0 spiro atoms. The fourth-order valence-electron chi connectivity index (χ4n) is 5.32. The normalized spacial score (nSPS) is 40.1. The lowest BCUT2D eigenvalue weighted by molar-refractivity contribution is -0.138. The molecule has 0 saturated heterocycles. The highest BCUT2D eigenvalue weighted by molar-refractivity contribution is 5.79. The van der Waals surface area contributed by atoms with Gasteiger partial charge in [0.1, 0.15) is 0 Å². The quantitative estimate of drug-likeness (QED) is 0.812. The third kappa shape index (κ3) is 2.88. The molecule has 0 radical (unpaired) electrons. The molecule has 114 valence electrons. The lowest BCUT2D eigenvalue weighted by atomic mass is 9.51. The number of hydrogen-bond donors (Lipinski definition) is 2. The maximum atomic E-state index is 12.5.